The van der Waals surface area contributed by atoms with E-state index in [2.05, 4.69) is 5.32 Å². The van der Waals surface area contributed by atoms with Crippen molar-refractivity contribution in [3.05, 3.63) is 29.8 Å². The molecule has 3 N–H and O–H groups in total. The quantitative estimate of drug-likeness (QED) is 0.850. The molecule has 1 amide bonds. The number of benzene rings is 1. The number of carbonyl (C=O) groups is 1. The number of nitrogens with one attached hydrogen (secondary N) is 1. The van der Waals surface area contributed by atoms with Crippen LogP contribution in [0.4, 0.5) is 14.5 Å². The first-order valence-electron chi connectivity index (χ1n) is 5.52. The maximum absolute atomic E-state index is 13.2. The normalized spacial score (nSPS) is 17.4. The van der Waals surface area contributed by atoms with Crippen molar-refractivity contribution < 1.29 is 13.6 Å². The molecule has 3 nitrogen and oxygen atoms in total. The van der Waals surface area contributed by atoms with Gasteiger partial charge in [-0.3, -0.25) is 4.79 Å². The van der Waals surface area contributed by atoms with Gasteiger partial charge in [0.2, 0.25) is 5.91 Å². The second kappa shape index (κ2) is 4.41. The SMILES string of the molecule is NC1(CC(=O)Nc2cc(F)ccc2F)CCC1. The highest BCUT2D eigenvalue weighted by atomic mass is 19.1. The second-order valence-electron chi connectivity index (χ2n) is 4.57. The zero-order chi connectivity index (χ0) is 12.5. The van der Waals surface area contributed by atoms with Crippen molar-refractivity contribution in [1.82, 2.24) is 0 Å². The number of rotatable bonds is 3. The minimum atomic E-state index is -0.653. The van der Waals surface area contributed by atoms with E-state index in [1.807, 2.05) is 0 Å². The van der Waals surface area contributed by atoms with Gasteiger partial charge >= 0.3 is 0 Å². The van der Waals surface area contributed by atoms with Crippen LogP contribution < -0.4 is 11.1 Å². The maximum Gasteiger partial charge on any atom is 0.226 e. The largest absolute Gasteiger partial charge is 0.325 e. The Morgan fingerprint density at radius 3 is 2.71 bits per heavy atom. The number of halogens is 2. The second-order valence-corrected chi connectivity index (χ2v) is 4.57. The van der Waals surface area contributed by atoms with E-state index in [-0.39, 0.29) is 18.0 Å². The van der Waals surface area contributed by atoms with Crippen LogP contribution in [0.25, 0.3) is 0 Å². The Balaban J connectivity index is 2.00. The summed E-state index contributed by atoms with van der Waals surface area (Å²) in [5, 5.41) is 2.34. The van der Waals surface area contributed by atoms with Crippen LogP contribution in [0.3, 0.4) is 0 Å². The Hall–Kier alpha value is -1.49. The van der Waals surface area contributed by atoms with Gasteiger partial charge in [-0.1, -0.05) is 0 Å². The molecule has 0 heterocycles. The molecular weight excluding hydrogens is 226 g/mol. The molecular formula is C12H14F2N2O. The van der Waals surface area contributed by atoms with Gasteiger partial charge in [0.25, 0.3) is 0 Å². The third-order valence-electron chi connectivity index (χ3n) is 3.06. The molecule has 0 atom stereocenters. The first-order valence-corrected chi connectivity index (χ1v) is 5.52. The summed E-state index contributed by atoms with van der Waals surface area (Å²) < 4.78 is 26.1. The third kappa shape index (κ3) is 2.79. The molecule has 92 valence electrons. The van der Waals surface area contributed by atoms with Gasteiger partial charge in [-0.15, -0.1) is 0 Å². The lowest BCUT2D eigenvalue weighted by Gasteiger charge is -2.37. The molecule has 0 radical (unpaired) electrons. The Morgan fingerprint density at radius 1 is 1.41 bits per heavy atom. The molecule has 0 unspecified atom stereocenters. The van der Waals surface area contributed by atoms with Gasteiger partial charge < -0.3 is 11.1 Å². The molecule has 1 aromatic carbocycles. The maximum atomic E-state index is 13.2. The van der Waals surface area contributed by atoms with E-state index in [0.29, 0.717) is 0 Å². The van der Waals surface area contributed by atoms with Crippen LogP contribution in [0, 0.1) is 11.6 Å². The Morgan fingerprint density at radius 2 is 2.12 bits per heavy atom. The van der Waals surface area contributed by atoms with Crippen LogP contribution >= 0.6 is 0 Å². The van der Waals surface area contributed by atoms with Crippen molar-refractivity contribution in [2.45, 2.75) is 31.2 Å². The summed E-state index contributed by atoms with van der Waals surface area (Å²) in [6.45, 7) is 0. The lowest BCUT2D eigenvalue weighted by molar-refractivity contribution is -0.118. The van der Waals surface area contributed by atoms with Crippen LogP contribution in [0.1, 0.15) is 25.7 Å². The fourth-order valence-electron chi connectivity index (χ4n) is 1.92. The molecule has 0 spiro atoms. The Labute approximate surface area is 98.0 Å². The minimum Gasteiger partial charge on any atom is -0.325 e. The van der Waals surface area contributed by atoms with Gasteiger partial charge in [-0.05, 0) is 31.4 Å². The third-order valence-corrected chi connectivity index (χ3v) is 3.06. The number of nitrogens with two attached hydrogens (primary N) is 1. The monoisotopic (exact) mass is 240 g/mol. The molecule has 1 fully saturated rings. The van der Waals surface area contributed by atoms with Gasteiger partial charge in [0.15, 0.2) is 0 Å². The van der Waals surface area contributed by atoms with Crippen LogP contribution in [0.2, 0.25) is 0 Å². The summed E-state index contributed by atoms with van der Waals surface area (Å²) in [6.07, 6.45) is 2.75. The Kier molecular flexibility index (Phi) is 3.11. The van der Waals surface area contributed by atoms with Gasteiger partial charge in [-0.2, -0.15) is 0 Å². The van der Waals surface area contributed by atoms with Crippen LogP contribution in [-0.2, 0) is 4.79 Å². The van der Waals surface area contributed by atoms with Crippen molar-refractivity contribution in [3.8, 4) is 0 Å². The predicted octanol–water partition coefficient (Wildman–Crippen LogP) is 2.17. The Bertz CT molecular complexity index is 444. The van der Waals surface area contributed by atoms with E-state index < -0.39 is 17.2 Å². The van der Waals surface area contributed by atoms with Gasteiger partial charge in [0.1, 0.15) is 11.6 Å². The first-order chi connectivity index (χ1) is 7.98. The van der Waals surface area contributed by atoms with Gasteiger partial charge in [0, 0.05) is 18.0 Å². The van der Waals surface area contributed by atoms with Crippen molar-refractivity contribution >= 4 is 11.6 Å². The van der Waals surface area contributed by atoms with E-state index in [0.717, 1.165) is 37.5 Å². The highest BCUT2D eigenvalue weighted by Gasteiger charge is 2.34. The molecule has 0 saturated heterocycles. The van der Waals surface area contributed by atoms with Crippen LogP contribution in [0.5, 0.6) is 0 Å². The van der Waals surface area contributed by atoms with E-state index in [1.54, 1.807) is 0 Å². The zero-order valence-electron chi connectivity index (χ0n) is 9.30. The number of hydrogen-bond acceptors (Lipinski definition) is 2. The highest BCUT2D eigenvalue weighted by molar-refractivity contribution is 5.91. The van der Waals surface area contributed by atoms with Gasteiger partial charge in [0.05, 0.1) is 5.69 Å². The number of amides is 1. The fourth-order valence-corrected chi connectivity index (χ4v) is 1.92. The molecule has 0 aromatic heterocycles. The summed E-state index contributed by atoms with van der Waals surface area (Å²) in [4.78, 5) is 11.6. The van der Waals surface area contributed by atoms with Crippen molar-refractivity contribution in [3.63, 3.8) is 0 Å². The van der Waals surface area contributed by atoms with Crippen LogP contribution in [0.15, 0.2) is 18.2 Å². The predicted molar refractivity (Wildman–Crippen MR) is 60.4 cm³/mol. The molecule has 1 saturated carbocycles. The van der Waals surface area contributed by atoms with E-state index in [4.69, 9.17) is 5.73 Å². The number of carbonyl (C=O) groups excluding carboxylic acids is 1. The molecule has 1 aliphatic carbocycles. The lowest BCUT2D eigenvalue weighted by atomic mass is 9.75. The van der Waals surface area contributed by atoms with Crippen LogP contribution in [-0.4, -0.2) is 11.4 Å². The molecule has 5 heteroatoms. The molecule has 17 heavy (non-hydrogen) atoms. The van der Waals surface area contributed by atoms with Crippen molar-refractivity contribution in [2.75, 3.05) is 5.32 Å². The summed E-state index contributed by atoms with van der Waals surface area (Å²) in [6, 6.07) is 2.94. The van der Waals surface area contributed by atoms with Gasteiger partial charge in [-0.25, -0.2) is 8.78 Å². The van der Waals surface area contributed by atoms with Crippen molar-refractivity contribution in [2.24, 2.45) is 5.73 Å². The molecule has 1 aromatic rings. The summed E-state index contributed by atoms with van der Waals surface area (Å²) >= 11 is 0. The van der Waals surface area contributed by atoms with E-state index in [1.165, 1.54) is 0 Å². The summed E-state index contributed by atoms with van der Waals surface area (Å²) in [7, 11) is 0. The average Bonchev–Trinajstić information content (AvgIpc) is 2.21. The molecule has 1 aliphatic rings. The van der Waals surface area contributed by atoms with E-state index in [9.17, 15) is 13.6 Å². The minimum absolute atomic E-state index is 0.141. The number of anilines is 1. The first kappa shape index (κ1) is 12.0. The molecule has 0 bridgehead atoms. The summed E-state index contributed by atoms with van der Waals surface area (Å²) in [5.41, 5.74) is 5.29. The fraction of sp³-hybridized carbons (Fsp3) is 0.417. The zero-order valence-corrected chi connectivity index (χ0v) is 9.30. The highest BCUT2D eigenvalue weighted by Crippen LogP contribution is 2.32. The molecule has 2 rings (SSSR count). The topological polar surface area (TPSA) is 55.1 Å². The summed E-state index contributed by atoms with van der Waals surface area (Å²) in [5.74, 6) is -1.62. The van der Waals surface area contributed by atoms with Crippen molar-refractivity contribution in [1.29, 1.82) is 0 Å². The average molecular weight is 240 g/mol. The van der Waals surface area contributed by atoms with E-state index >= 15 is 0 Å². The lowest BCUT2D eigenvalue weighted by Crippen LogP contribution is -2.48. The standard InChI is InChI=1S/C12H14F2N2O/c13-8-2-3-9(14)10(6-8)16-11(17)7-12(15)4-1-5-12/h2-3,6H,1,4-5,7,15H2,(H,16,17). The molecule has 0 aliphatic heterocycles. The number of hydrogen-bond donors (Lipinski definition) is 2. The smallest absolute Gasteiger partial charge is 0.226 e.